The molecule has 1 unspecified atom stereocenters. The summed E-state index contributed by atoms with van der Waals surface area (Å²) in [6.45, 7) is 5.51. The van der Waals surface area contributed by atoms with Crippen LogP contribution in [0.1, 0.15) is 27.2 Å². The molecule has 0 radical (unpaired) electrons. The molecule has 2 aromatic carbocycles. The summed E-state index contributed by atoms with van der Waals surface area (Å²) >= 11 is 5.92. The highest BCUT2D eigenvalue weighted by Gasteiger charge is 2.58. The van der Waals surface area contributed by atoms with Crippen LogP contribution in [0.3, 0.4) is 0 Å². The molecule has 188 valence electrons. The second kappa shape index (κ2) is 10.8. The van der Waals surface area contributed by atoms with Crippen molar-refractivity contribution >= 4 is 29.3 Å². The lowest BCUT2D eigenvalue weighted by atomic mass is 10.0. The number of carbonyl (C=O) groups is 2. The lowest BCUT2D eigenvalue weighted by Gasteiger charge is -2.31. The molecule has 2 fully saturated rings. The van der Waals surface area contributed by atoms with E-state index in [1.165, 1.54) is 0 Å². The van der Waals surface area contributed by atoms with Crippen LogP contribution in [-0.4, -0.2) is 55.0 Å². The number of para-hydroxylation sites is 1. The molecule has 4 rings (SSSR count). The summed E-state index contributed by atoms with van der Waals surface area (Å²) in [5.41, 5.74) is 0.538. The number of esters is 1. The standard InChI is InChI=1S/C25H29ClN2O7/c1-4-31-19(29)14-18(28-24(30)27-16-12-10-15(26)11-13-16)20-21(32-17-8-6-5-7-9-17)22-23(33-20)35-25(2,3)34-22/h5-13,18,20-23H,4,14H2,1-3H3,(H2,27,28,30)/t18?,20-,21-,22+,23+/m0/s1. The van der Waals surface area contributed by atoms with Gasteiger partial charge < -0.3 is 34.3 Å². The molecule has 10 heteroatoms. The molecule has 0 bridgehead atoms. The SMILES string of the molecule is CCOC(=O)CC(NC(=O)Nc1ccc(Cl)cc1)[C@@H]1O[C@@H]2OC(C)(C)O[C@@H]2[C@H]1Oc1ccccc1. The molecular weight excluding hydrogens is 476 g/mol. The minimum Gasteiger partial charge on any atom is -0.485 e. The van der Waals surface area contributed by atoms with E-state index in [-0.39, 0.29) is 13.0 Å². The molecule has 5 atom stereocenters. The summed E-state index contributed by atoms with van der Waals surface area (Å²) in [5.74, 6) is -0.750. The molecule has 0 aromatic heterocycles. The number of urea groups is 1. The maximum absolute atomic E-state index is 12.9. The zero-order valence-corrected chi connectivity index (χ0v) is 20.5. The number of benzene rings is 2. The zero-order chi connectivity index (χ0) is 25.0. The lowest BCUT2D eigenvalue weighted by Crippen LogP contribution is -2.53. The quantitative estimate of drug-likeness (QED) is 0.521. The second-order valence-corrected chi connectivity index (χ2v) is 9.12. The predicted molar refractivity (Wildman–Crippen MR) is 128 cm³/mol. The van der Waals surface area contributed by atoms with Gasteiger partial charge in [-0.25, -0.2) is 4.79 Å². The van der Waals surface area contributed by atoms with Crippen LogP contribution in [0.5, 0.6) is 5.75 Å². The molecule has 2 aliphatic rings. The van der Waals surface area contributed by atoms with Crippen LogP contribution in [0, 0.1) is 0 Å². The Labute approximate surface area is 209 Å². The Bertz CT molecular complexity index is 1020. The molecule has 2 saturated heterocycles. The number of hydrogen-bond donors (Lipinski definition) is 2. The summed E-state index contributed by atoms with van der Waals surface area (Å²) in [6, 6.07) is 14.5. The molecule has 9 nitrogen and oxygen atoms in total. The second-order valence-electron chi connectivity index (χ2n) is 8.69. The van der Waals surface area contributed by atoms with E-state index in [9.17, 15) is 9.59 Å². The average molecular weight is 505 g/mol. The van der Waals surface area contributed by atoms with Crippen molar-refractivity contribution in [3.05, 3.63) is 59.6 Å². The van der Waals surface area contributed by atoms with E-state index >= 15 is 0 Å². The normalized spacial score (nSPS) is 25.4. The highest BCUT2D eigenvalue weighted by atomic mass is 35.5. The smallest absolute Gasteiger partial charge is 0.319 e. The monoisotopic (exact) mass is 504 g/mol. The van der Waals surface area contributed by atoms with Gasteiger partial charge in [-0.1, -0.05) is 29.8 Å². The van der Waals surface area contributed by atoms with Crippen molar-refractivity contribution < 1.29 is 33.3 Å². The van der Waals surface area contributed by atoms with Gasteiger partial charge in [0.2, 0.25) is 0 Å². The highest BCUT2D eigenvalue weighted by molar-refractivity contribution is 6.30. The van der Waals surface area contributed by atoms with E-state index in [0.717, 1.165) is 0 Å². The van der Waals surface area contributed by atoms with E-state index in [1.54, 1.807) is 45.0 Å². The molecule has 2 amide bonds. The van der Waals surface area contributed by atoms with Crippen LogP contribution in [-0.2, 0) is 23.7 Å². The maximum Gasteiger partial charge on any atom is 0.319 e. The summed E-state index contributed by atoms with van der Waals surface area (Å²) in [7, 11) is 0. The van der Waals surface area contributed by atoms with E-state index in [1.807, 2.05) is 30.3 Å². The first-order valence-electron chi connectivity index (χ1n) is 11.5. The number of hydrogen-bond acceptors (Lipinski definition) is 7. The summed E-state index contributed by atoms with van der Waals surface area (Å²) in [5, 5.41) is 6.12. The van der Waals surface area contributed by atoms with Gasteiger partial charge in [-0.15, -0.1) is 0 Å². The Kier molecular flexibility index (Phi) is 7.81. The lowest BCUT2D eigenvalue weighted by molar-refractivity contribution is -0.216. The minimum absolute atomic E-state index is 0.135. The van der Waals surface area contributed by atoms with E-state index in [4.69, 9.17) is 35.3 Å². The Morgan fingerprint density at radius 1 is 1.09 bits per heavy atom. The Balaban J connectivity index is 1.56. The zero-order valence-electron chi connectivity index (χ0n) is 19.7. The van der Waals surface area contributed by atoms with Crippen LogP contribution in [0.4, 0.5) is 10.5 Å². The molecular formula is C25H29ClN2O7. The van der Waals surface area contributed by atoms with Gasteiger partial charge in [0.1, 0.15) is 11.9 Å². The number of anilines is 1. The number of rotatable bonds is 8. The molecule has 0 spiro atoms. The van der Waals surface area contributed by atoms with Crippen molar-refractivity contribution in [2.24, 2.45) is 0 Å². The van der Waals surface area contributed by atoms with E-state index in [2.05, 4.69) is 10.6 Å². The number of amides is 2. The number of fused-ring (bicyclic) bond motifs is 1. The number of ether oxygens (including phenoxy) is 5. The molecule has 0 saturated carbocycles. The predicted octanol–water partition coefficient (Wildman–Crippen LogP) is 4.11. The Hall–Kier alpha value is -2.85. The molecule has 2 aliphatic heterocycles. The number of halogens is 1. The third kappa shape index (κ3) is 6.43. The van der Waals surface area contributed by atoms with Crippen LogP contribution in [0.2, 0.25) is 5.02 Å². The van der Waals surface area contributed by atoms with Gasteiger partial charge in [0.15, 0.2) is 24.3 Å². The first-order valence-corrected chi connectivity index (χ1v) is 11.8. The fourth-order valence-corrected chi connectivity index (χ4v) is 4.26. The topological polar surface area (TPSA) is 104 Å². The largest absolute Gasteiger partial charge is 0.485 e. The van der Waals surface area contributed by atoms with Gasteiger partial charge in [-0.2, -0.15) is 0 Å². The maximum atomic E-state index is 12.9. The molecule has 35 heavy (non-hydrogen) atoms. The average Bonchev–Trinajstić information content (AvgIpc) is 3.28. The van der Waals surface area contributed by atoms with Crippen LogP contribution < -0.4 is 15.4 Å². The van der Waals surface area contributed by atoms with Crippen LogP contribution in [0.25, 0.3) is 0 Å². The molecule has 2 N–H and O–H groups in total. The Morgan fingerprint density at radius 3 is 2.49 bits per heavy atom. The fraction of sp³-hybridized carbons (Fsp3) is 0.440. The van der Waals surface area contributed by atoms with E-state index in [0.29, 0.717) is 16.5 Å². The fourth-order valence-electron chi connectivity index (χ4n) is 4.14. The van der Waals surface area contributed by atoms with Gasteiger partial charge in [0.05, 0.1) is 19.1 Å². The Morgan fingerprint density at radius 2 is 1.80 bits per heavy atom. The molecule has 2 heterocycles. The summed E-state index contributed by atoms with van der Waals surface area (Å²) < 4.78 is 29.6. The van der Waals surface area contributed by atoms with Crippen LogP contribution in [0.15, 0.2) is 54.6 Å². The first kappa shape index (κ1) is 25.2. The van der Waals surface area contributed by atoms with Crippen molar-refractivity contribution in [1.82, 2.24) is 5.32 Å². The van der Waals surface area contributed by atoms with Gasteiger partial charge in [0, 0.05) is 10.7 Å². The van der Waals surface area contributed by atoms with Gasteiger partial charge >= 0.3 is 12.0 Å². The molecule has 0 aliphatic carbocycles. The number of nitrogens with one attached hydrogen (secondary N) is 2. The third-order valence-corrected chi connectivity index (χ3v) is 5.80. The first-order chi connectivity index (χ1) is 16.7. The van der Waals surface area contributed by atoms with Crippen LogP contribution >= 0.6 is 11.6 Å². The minimum atomic E-state index is -0.866. The van der Waals surface area contributed by atoms with Gasteiger partial charge in [-0.05, 0) is 57.2 Å². The highest BCUT2D eigenvalue weighted by Crippen LogP contribution is 2.40. The van der Waals surface area contributed by atoms with Crippen molar-refractivity contribution in [2.45, 2.75) is 63.6 Å². The van der Waals surface area contributed by atoms with Gasteiger partial charge in [-0.3, -0.25) is 4.79 Å². The van der Waals surface area contributed by atoms with Crippen molar-refractivity contribution in [3.63, 3.8) is 0 Å². The molecule has 2 aromatic rings. The number of carbonyl (C=O) groups excluding carboxylic acids is 2. The summed E-state index contributed by atoms with van der Waals surface area (Å²) in [4.78, 5) is 25.3. The summed E-state index contributed by atoms with van der Waals surface area (Å²) in [6.07, 6.45) is -2.86. The van der Waals surface area contributed by atoms with Crippen molar-refractivity contribution in [2.75, 3.05) is 11.9 Å². The van der Waals surface area contributed by atoms with Gasteiger partial charge in [0.25, 0.3) is 0 Å². The van der Waals surface area contributed by atoms with Crippen molar-refractivity contribution in [1.29, 1.82) is 0 Å². The van der Waals surface area contributed by atoms with E-state index < -0.39 is 48.4 Å². The van der Waals surface area contributed by atoms with Crippen molar-refractivity contribution in [3.8, 4) is 5.75 Å². The third-order valence-electron chi connectivity index (χ3n) is 5.55.